The molecule has 13 heavy (non-hydrogen) atoms. The Balaban J connectivity index is 2.25. The molecule has 0 radical (unpaired) electrons. The Morgan fingerprint density at radius 2 is 2.38 bits per heavy atom. The lowest BCUT2D eigenvalue weighted by atomic mass is 9.95. The topological polar surface area (TPSA) is 12.9 Å². The third-order valence-corrected chi connectivity index (χ3v) is 2.31. The van der Waals surface area contributed by atoms with E-state index >= 15 is 0 Å². The van der Waals surface area contributed by atoms with E-state index in [4.69, 9.17) is 0 Å². The maximum absolute atomic E-state index is 4.10. The van der Waals surface area contributed by atoms with E-state index in [-0.39, 0.29) is 0 Å². The van der Waals surface area contributed by atoms with Crippen LogP contribution in [0.2, 0.25) is 0 Å². The molecule has 0 N–H and O–H groups in total. The fourth-order valence-corrected chi connectivity index (χ4v) is 1.47. The van der Waals surface area contributed by atoms with Gasteiger partial charge in [-0.15, -0.1) is 0 Å². The molecule has 0 fully saturated rings. The van der Waals surface area contributed by atoms with Crippen LogP contribution in [0.4, 0.5) is 0 Å². The Hall–Kier alpha value is -1.37. The number of aromatic nitrogens is 1. The lowest BCUT2D eigenvalue weighted by Crippen LogP contribution is -1.94. The first-order valence-corrected chi connectivity index (χ1v) is 4.65. The summed E-state index contributed by atoms with van der Waals surface area (Å²) < 4.78 is 0. The van der Waals surface area contributed by atoms with E-state index in [1.165, 1.54) is 11.1 Å². The number of rotatable bonds is 1. The number of hydrogen-bond acceptors (Lipinski definition) is 1. The molecule has 1 aliphatic rings. The molecule has 0 unspecified atom stereocenters. The predicted molar refractivity (Wildman–Crippen MR) is 55.1 cm³/mol. The zero-order valence-electron chi connectivity index (χ0n) is 7.77. The summed E-state index contributed by atoms with van der Waals surface area (Å²) in [6, 6.07) is 4.07. The fraction of sp³-hybridized carbons (Fsp3) is 0.250. The van der Waals surface area contributed by atoms with Crippen molar-refractivity contribution in [2.75, 3.05) is 0 Å². The Morgan fingerprint density at radius 1 is 1.46 bits per heavy atom. The SMILES string of the molecule is C[C@@H]1C=CC(c2cccnc2)=CC1. The molecule has 66 valence electrons. The standard InChI is InChI=1S/C12H13N/c1-10-4-6-11(7-5-10)12-3-2-8-13-9-12/h2-4,6-10H,5H2,1H3/t10-/m1/s1. The molecule has 2 rings (SSSR count). The highest BCUT2D eigenvalue weighted by molar-refractivity contribution is 5.74. The first-order chi connectivity index (χ1) is 6.36. The van der Waals surface area contributed by atoms with Crippen LogP contribution in [0.1, 0.15) is 18.9 Å². The fourth-order valence-electron chi connectivity index (χ4n) is 1.47. The summed E-state index contributed by atoms with van der Waals surface area (Å²) in [6.07, 6.45) is 11.6. The molecule has 0 saturated heterocycles. The molecule has 1 atom stereocenters. The summed E-state index contributed by atoms with van der Waals surface area (Å²) in [4.78, 5) is 4.10. The largest absolute Gasteiger partial charge is 0.264 e. The molecule has 0 saturated carbocycles. The Labute approximate surface area is 78.8 Å². The van der Waals surface area contributed by atoms with Gasteiger partial charge in [-0.05, 0) is 29.5 Å². The van der Waals surface area contributed by atoms with Crippen LogP contribution >= 0.6 is 0 Å². The highest BCUT2D eigenvalue weighted by Gasteiger charge is 2.04. The zero-order valence-corrected chi connectivity index (χ0v) is 7.77. The quantitative estimate of drug-likeness (QED) is 0.632. The second-order valence-electron chi connectivity index (χ2n) is 3.47. The number of nitrogens with zero attached hydrogens (tertiary/aromatic N) is 1. The molecule has 0 spiro atoms. The summed E-state index contributed by atoms with van der Waals surface area (Å²) in [5.41, 5.74) is 2.51. The highest BCUT2D eigenvalue weighted by atomic mass is 14.6. The molecular weight excluding hydrogens is 158 g/mol. The number of allylic oxidation sites excluding steroid dienone is 4. The second kappa shape index (κ2) is 3.56. The maximum atomic E-state index is 4.10. The summed E-state index contributed by atoms with van der Waals surface area (Å²) in [5, 5.41) is 0. The van der Waals surface area contributed by atoms with Gasteiger partial charge in [0.05, 0.1) is 0 Å². The van der Waals surface area contributed by atoms with Crippen LogP contribution in [0.5, 0.6) is 0 Å². The molecule has 0 aromatic carbocycles. The van der Waals surface area contributed by atoms with Gasteiger partial charge in [-0.25, -0.2) is 0 Å². The first kappa shape index (κ1) is 8.24. The van der Waals surface area contributed by atoms with Crippen molar-refractivity contribution >= 4 is 5.57 Å². The van der Waals surface area contributed by atoms with Crippen molar-refractivity contribution < 1.29 is 0 Å². The van der Waals surface area contributed by atoms with E-state index in [1.807, 2.05) is 12.3 Å². The molecule has 1 aromatic rings. The van der Waals surface area contributed by atoms with Gasteiger partial charge in [0.15, 0.2) is 0 Å². The molecule has 1 heteroatoms. The molecule has 1 heterocycles. The number of pyridine rings is 1. The van der Waals surface area contributed by atoms with Gasteiger partial charge in [-0.2, -0.15) is 0 Å². The minimum atomic E-state index is 0.681. The van der Waals surface area contributed by atoms with E-state index in [1.54, 1.807) is 6.20 Å². The average molecular weight is 171 g/mol. The van der Waals surface area contributed by atoms with Crippen molar-refractivity contribution in [1.82, 2.24) is 4.98 Å². The lowest BCUT2D eigenvalue weighted by molar-refractivity contribution is 0.739. The van der Waals surface area contributed by atoms with E-state index in [9.17, 15) is 0 Å². The Bertz CT molecular complexity index is 335. The van der Waals surface area contributed by atoms with E-state index < -0.39 is 0 Å². The predicted octanol–water partition coefficient (Wildman–Crippen LogP) is 3.06. The summed E-state index contributed by atoms with van der Waals surface area (Å²) >= 11 is 0. The van der Waals surface area contributed by atoms with Gasteiger partial charge in [-0.3, -0.25) is 4.98 Å². The maximum Gasteiger partial charge on any atom is 0.0346 e. The van der Waals surface area contributed by atoms with Crippen LogP contribution in [0.25, 0.3) is 5.57 Å². The Kier molecular flexibility index (Phi) is 2.26. The smallest absolute Gasteiger partial charge is 0.0346 e. The van der Waals surface area contributed by atoms with Crippen LogP contribution < -0.4 is 0 Å². The van der Waals surface area contributed by atoms with Gasteiger partial charge >= 0.3 is 0 Å². The summed E-state index contributed by atoms with van der Waals surface area (Å²) in [5.74, 6) is 0.681. The summed E-state index contributed by atoms with van der Waals surface area (Å²) in [6.45, 7) is 2.23. The van der Waals surface area contributed by atoms with Crippen LogP contribution in [0.15, 0.2) is 42.8 Å². The normalized spacial score (nSPS) is 21.3. The average Bonchev–Trinajstić information content (AvgIpc) is 2.20. The molecule has 0 bridgehead atoms. The van der Waals surface area contributed by atoms with Crippen molar-refractivity contribution in [2.24, 2.45) is 5.92 Å². The highest BCUT2D eigenvalue weighted by Crippen LogP contribution is 2.22. The van der Waals surface area contributed by atoms with Gasteiger partial charge in [0.2, 0.25) is 0 Å². The van der Waals surface area contributed by atoms with Crippen LogP contribution in [0, 0.1) is 5.92 Å². The molecule has 1 nitrogen and oxygen atoms in total. The van der Waals surface area contributed by atoms with Gasteiger partial charge in [0, 0.05) is 12.4 Å². The van der Waals surface area contributed by atoms with Crippen molar-refractivity contribution in [2.45, 2.75) is 13.3 Å². The summed E-state index contributed by atoms with van der Waals surface area (Å²) in [7, 11) is 0. The molecular formula is C12H13N. The van der Waals surface area contributed by atoms with Crippen molar-refractivity contribution in [3.05, 3.63) is 48.3 Å². The first-order valence-electron chi connectivity index (χ1n) is 4.65. The molecule has 0 aliphatic heterocycles. The second-order valence-corrected chi connectivity index (χ2v) is 3.47. The van der Waals surface area contributed by atoms with Gasteiger partial charge in [-0.1, -0.05) is 31.2 Å². The van der Waals surface area contributed by atoms with Crippen LogP contribution in [-0.4, -0.2) is 4.98 Å². The third kappa shape index (κ3) is 1.86. The van der Waals surface area contributed by atoms with E-state index in [2.05, 4.69) is 36.2 Å². The minimum absolute atomic E-state index is 0.681. The third-order valence-electron chi connectivity index (χ3n) is 2.31. The lowest BCUT2D eigenvalue weighted by Gasteiger charge is -2.11. The van der Waals surface area contributed by atoms with Crippen LogP contribution in [-0.2, 0) is 0 Å². The van der Waals surface area contributed by atoms with E-state index in [0.717, 1.165) is 6.42 Å². The minimum Gasteiger partial charge on any atom is -0.264 e. The van der Waals surface area contributed by atoms with Crippen molar-refractivity contribution in [3.63, 3.8) is 0 Å². The molecule has 0 amide bonds. The van der Waals surface area contributed by atoms with Gasteiger partial charge < -0.3 is 0 Å². The molecule has 1 aromatic heterocycles. The van der Waals surface area contributed by atoms with Crippen molar-refractivity contribution in [1.29, 1.82) is 0 Å². The Morgan fingerprint density at radius 3 is 3.00 bits per heavy atom. The molecule has 1 aliphatic carbocycles. The zero-order chi connectivity index (χ0) is 9.10. The van der Waals surface area contributed by atoms with E-state index in [0.29, 0.717) is 5.92 Å². The van der Waals surface area contributed by atoms with Crippen LogP contribution in [0.3, 0.4) is 0 Å². The number of hydrogen-bond donors (Lipinski definition) is 0. The van der Waals surface area contributed by atoms with Gasteiger partial charge in [0.25, 0.3) is 0 Å². The van der Waals surface area contributed by atoms with Crippen molar-refractivity contribution in [3.8, 4) is 0 Å². The van der Waals surface area contributed by atoms with Gasteiger partial charge in [0.1, 0.15) is 0 Å². The monoisotopic (exact) mass is 171 g/mol.